The van der Waals surface area contributed by atoms with Crippen LogP contribution in [-0.4, -0.2) is 36.0 Å². The lowest BCUT2D eigenvalue weighted by Crippen LogP contribution is -2.38. The first kappa shape index (κ1) is 18.9. The summed E-state index contributed by atoms with van der Waals surface area (Å²) in [5.74, 6) is -0.0172. The van der Waals surface area contributed by atoms with Gasteiger partial charge in [-0.25, -0.2) is 0 Å². The van der Waals surface area contributed by atoms with Crippen molar-refractivity contribution in [2.45, 2.75) is 32.9 Å². The number of carbonyl (C=O) groups is 1. The molecule has 0 aliphatic rings. The zero-order chi connectivity index (χ0) is 18.4. The molecule has 0 aliphatic heterocycles. The first-order chi connectivity index (χ1) is 11.9. The zero-order valence-corrected chi connectivity index (χ0v) is 15.5. The number of hydrogen-bond donors (Lipinski definition) is 1. The maximum atomic E-state index is 12.7. The monoisotopic (exact) mass is 341 g/mol. The van der Waals surface area contributed by atoms with E-state index in [0.29, 0.717) is 19.5 Å². The van der Waals surface area contributed by atoms with Gasteiger partial charge in [-0.05, 0) is 51.6 Å². The van der Waals surface area contributed by atoms with E-state index in [1.807, 2.05) is 63.2 Å². The van der Waals surface area contributed by atoms with Gasteiger partial charge in [0.15, 0.2) is 0 Å². The molecule has 0 bridgehead atoms. The summed E-state index contributed by atoms with van der Waals surface area (Å²) in [7, 11) is 3.81. The highest BCUT2D eigenvalue weighted by Gasteiger charge is 2.23. The van der Waals surface area contributed by atoms with Gasteiger partial charge in [0.05, 0.1) is 0 Å². The van der Waals surface area contributed by atoms with Gasteiger partial charge in [0.25, 0.3) is 5.56 Å². The van der Waals surface area contributed by atoms with Crippen molar-refractivity contribution in [1.29, 1.82) is 0 Å². The number of aryl methyl sites for hydroxylation is 2. The van der Waals surface area contributed by atoms with Crippen LogP contribution in [0.15, 0.2) is 47.3 Å². The second-order valence-corrected chi connectivity index (χ2v) is 6.52. The third kappa shape index (κ3) is 4.79. The molecular weight excluding hydrogens is 314 g/mol. The summed E-state index contributed by atoms with van der Waals surface area (Å²) >= 11 is 0. The maximum Gasteiger partial charge on any atom is 0.250 e. The molecule has 0 radical (unpaired) electrons. The number of pyridine rings is 1. The molecule has 0 unspecified atom stereocenters. The van der Waals surface area contributed by atoms with Gasteiger partial charge in [-0.2, -0.15) is 0 Å². The number of rotatable bonds is 7. The summed E-state index contributed by atoms with van der Waals surface area (Å²) in [5.41, 5.74) is 3.05. The quantitative estimate of drug-likeness (QED) is 0.786. The Morgan fingerprint density at radius 3 is 2.48 bits per heavy atom. The van der Waals surface area contributed by atoms with Crippen LogP contribution in [0.5, 0.6) is 0 Å². The molecule has 134 valence electrons. The SMILES string of the molecule is Cc1ccccc1[C@@H](C(=O)NCCCn1c(C)cccc1=O)N(C)C. The molecule has 1 aromatic carbocycles. The summed E-state index contributed by atoms with van der Waals surface area (Å²) in [5, 5.41) is 3.00. The molecular formula is C20H27N3O2. The lowest BCUT2D eigenvalue weighted by Gasteiger charge is -2.25. The van der Waals surface area contributed by atoms with E-state index in [9.17, 15) is 9.59 Å². The van der Waals surface area contributed by atoms with E-state index in [0.717, 1.165) is 16.8 Å². The smallest absolute Gasteiger partial charge is 0.250 e. The van der Waals surface area contributed by atoms with E-state index >= 15 is 0 Å². The minimum atomic E-state index is -0.317. The Bertz CT molecular complexity index is 781. The standard InChI is InChI=1S/C20H27N3O2/c1-15-9-5-6-11-17(15)19(22(3)4)20(25)21-13-8-14-23-16(2)10-7-12-18(23)24/h5-7,9-12,19H,8,13-14H2,1-4H3,(H,21,25)/t19-/m0/s1. The number of benzene rings is 1. The summed E-state index contributed by atoms with van der Waals surface area (Å²) in [6, 6.07) is 12.9. The lowest BCUT2D eigenvalue weighted by molar-refractivity contribution is -0.125. The van der Waals surface area contributed by atoms with E-state index in [-0.39, 0.29) is 17.5 Å². The predicted molar refractivity (Wildman–Crippen MR) is 101 cm³/mol. The van der Waals surface area contributed by atoms with E-state index < -0.39 is 0 Å². The van der Waals surface area contributed by atoms with Crippen molar-refractivity contribution in [3.05, 3.63) is 69.6 Å². The summed E-state index contributed by atoms with van der Waals surface area (Å²) < 4.78 is 1.73. The normalized spacial score (nSPS) is 12.2. The zero-order valence-electron chi connectivity index (χ0n) is 15.5. The molecule has 1 N–H and O–H groups in total. The Morgan fingerprint density at radius 1 is 1.12 bits per heavy atom. The Labute approximate surface area is 149 Å². The largest absolute Gasteiger partial charge is 0.354 e. The van der Waals surface area contributed by atoms with Crippen molar-refractivity contribution >= 4 is 5.91 Å². The predicted octanol–water partition coefficient (Wildman–Crippen LogP) is 2.27. The Morgan fingerprint density at radius 2 is 1.84 bits per heavy atom. The van der Waals surface area contributed by atoms with Crippen LogP contribution in [0.3, 0.4) is 0 Å². The number of carbonyl (C=O) groups excluding carboxylic acids is 1. The molecule has 0 saturated carbocycles. The molecule has 1 heterocycles. The van der Waals surface area contributed by atoms with Crippen molar-refractivity contribution in [1.82, 2.24) is 14.8 Å². The number of amides is 1. The number of aromatic nitrogens is 1. The second-order valence-electron chi connectivity index (χ2n) is 6.52. The Kier molecular flexibility index (Phi) is 6.53. The number of likely N-dealkylation sites (N-methyl/N-ethyl adjacent to an activating group) is 1. The lowest BCUT2D eigenvalue weighted by atomic mass is 10.00. The number of nitrogens with zero attached hydrogens (tertiary/aromatic N) is 2. The van der Waals surface area contributed by atoms with Crippen molar-refractivity contribution in [2.24, 2.45) is 0 Å². The molecule has 0 aliphatic carbocycles. The van der Waals surface area contributed by atoms with Crippen LogP contribution < -0.4 is 10.9 Å². The van der Waals surface area contributed by atoms with Crippen molar-refractivity contribution in [3.63, 3.8) is 0 Å². The average molecular weight is 341 g/mol. The molecule has 0 saturated heterocycles. The highest BCUT2D eigenvalue weighted by atomic mass is 16.2. The van der Waals surface area contributed by atoms with Crippen LogP contribution in [0.25, 0.3) is 0 Å². The molecule has 0 spiro atoms. The molecule has 5 heteroatoms. The van der Waals surface area contributed by atoms with Gasteiger partial charge in [-0.15, -0.1) is 0 Å². The Hall–Kier alpha value is -2.40. The first-order valence-electron chi connectivity index (χ1n) is 8.58. The fraction of sp³-hybridized carbons (Fsp3) is 0.400. The third-order valence-electron chi connectivity index (χ3n) is 4.37. The molecule has 0 fully saturated rings. The fourth-order valence-electron chi connectivity index (χ4n) is 3.00. The highest BCUT2D eigenvalue weighted by Crippen LogP contribution is 2.21. The van der Waals surface area contributed by atoms with Crippen LogP contribution >= 0.6 is 0 Å². The molecule has 1 amide bonds. The Balaban J connectivity index is 1.96. The van der Waals surface area contributed by atoms with E-state index in [4.69, 9.17) is 0 Å². The molecule has 2 aromatic rings. The van der Waals surface area contributed by atoms with Crippen LogP contribution in [0, 0.1) is 13.8 Å². The van der Waals surface area contributed by atoms with Crippen LogP contribution in [0.4, 0.5) is 0 Å². The summed E-state index contributed by atoms with van der Waals surface area (Å²) in [6.45, 7) is 5.07. The van der Waals surface area contributed by atoms with Crippen molar-refractivity contribution < 1.29 is 4.79 Å². The van der Waals surface area contributed by atoms with Gasteiger partial charge >= 0.3 is 0 Å². The van der Waals surface area contributed by atoms with Crippen molar-refractivity contribution in [2.75, 3.05) is 20.6 Å². The van der Waals surface area contributed by atoms with E-state index in [1.54, 1.807) is 16.7 Å². The van der Waals surface area contributed by atoms with E-state index in [2.05, 4.69) is 5.32 Å². The van der Waals surface area contributed by atoms with Gasteiger partial charge in [-0.1, -0.05) is 30.3 Å². The fourth-order valence-corrected chi connectivity index (χ4v) is 3.00. The third-order valence-corrected chi connectivity index (χ3v) is 4.37. The topological polar surface area (TPSA) is 54.3 Å². The van der Waals surface area contributed by atoms with Gasteiger partial charge in [0, 0.05) is 24.8 Å². The molecule has 25 heavy (non-hydrogen) atoms. The number of hydrogen-bond acceptors (Lipinski definition) is 3. The van der Waals surface area contributed by atoms with Crippen molar-refractivity contribution in [3.8, 4) is 0 Å². The molecule has 1 aromatic heterocycles. The maximum absolute atomic E-state index is 12.7. The molecule has 1 atom stereocenters. The average Bonchev–Trinajstić information content (AvgIpc) is 2.55. The van der Waals surface area contributed by atoms with Gasteiger partial charge in [0.1, 0.15) is 6.04 Å². The van der Waals surface area contributed by atoms with E-state index in [1.165, 1.54) is 0 Å². The highest BCUT2D eigenvalue weighted by molar-refractivity contribution is 5.83. The molecule has 2 rings (SSSR count). The van der Waals surface area contributed by atoms with Crippen LogP contribution in [0.2, 0.25) is 0 Å². The van der Waals surface area contributed by atoms with Gasteiger partial charge < -0.3 is 9.88 Å². The summed E-state index contributed by atoms with van der Waals surface area (Å²) in [4.78, 5) is 26.4. The first-order valence-corrected chi connectivity index (χ1v) is 8.58. The minimum Gasteiger partial charge on any atom is -0.354 e. The minimum absolute atomic E-state index is 0.00240. The second kappa shape index (κ2) is 8.62. The van der Waals surface area contributed by atoms with Gasteiger partial charge in [-0.3, -0.25) is 14.5 Å². The molecule has 5 nitrogen and oxygen atoms in total. The van der Waals surface area contributed by atoms with Crippen LogP contribution in [-0.2, 0) is 11.3 Å². The van der Waals surface area contributed by atoms with Gasteiger partial charge in [0.2, 0.25) is 5.91 Å². The summed E-state index contributed by atoms with van der Waals surface area (Å²) in [6.07, 6.45) is 0.713. The number of nitrogens with one attached hydrogen (secondary N) is 1. The van der Waals surface area contributed by atoms with Crippen LogP contribution in [0.1, 0.15) is 29.3 Å².